The number of hydrogen-bond acceptors (Lipinski definition) is 10. The van der Waals surface area contributed by atoms with Crippen LogP contribution < -0.4 is 20.9 Å². The summed E-state index contributed by atoms with van der Waals surface area (Å²) in [5.41, 5.74) is 5.72. The number of nitrogen functional groups attached to an aromatic ring is 1. The number of para-hydroxylation sites is 1. The van der Waals surface area contributed by atoms with Crippen LogP contribution in [-0.2, 0) is 23.4 Å². The van der Waals surface area contributed by atoms with Crippen LogP contribution in [-0.4, -0.2) is 50.3 Å². The van der Waals surface area contributed by atoms with Gasteiger partial charge in [0.2, 0.25) is 5.95 Å². The van der Waals surface area contributed by atoms with Crippen molar-refractivity contribution in [1.82, 2.24) is 24.6 Å². The standard InChI is InChI=1S/C23H31N6O7P/c1-13(2)34-22(31)15(4)28-37(32,36-16-8-6-5-7-9-16)33-11-17-10-14(3)21(35-17)29-12-25-18-19(29)26-23(24)27-20(18)30/h5-9,12-15,17,21H,10-11H2,1-4H3,(H,28,32)(H3,24,26,27,30)/t14-,15+,17-,21+,37+/m0/s1. The van der Waals surface area contributed by atoms with Crippen molar-refractivity contribution in [3.8, 4) is 5.75 Å². The average molecular weight is 535 g/mol. The molecule has 1 aliphatic heterocycles. The monoisotopic (exact) mass is 534 g/mol. The number of rotatable bonds is 10. The minimum absolute atomic E-state index is 0.0179. The molecule has 2 aromatic heterocycles. The van der Waals surface area contributed by atoms with Gasteiger partial charge in [0.25, 0.3) is 5.56 Å². The Balaban J connectivity index is 1.48. The predicted octanol–water partition coefficient (Wildman–Crippen LogP) is 2.76. The number of ether oxygens (including phenoxy) is 2. The molecule has 0 unspecified atom stereocenters. The normalized spacial score (nSPS) is 22.1. The van der Waals surface area contributed by atoms with E-state index in [-0.39, 0.29) is 30.1 Å². The van der Waals surface area contributed by atoms with Crippen molar-refractivity contribution in [3.05, 3.63) is 47.0 Å². The molecule has 1 aliphatic rings. The molecule has 0 saturated carbocycles. The number of nitrogens with two attached hydrogens (primary N) is 1. The summed E-state index contributed by atoms with van der Waals surface area (Å²) in [5.74, 6) is -0.328. The minimum atomic E-state index is -4.02. The van der Waals surface area contributed by atoms with Crippen molar-refractivity contribution < 1.29 is 27.9 Å². The van der Waals surface area contributed by atoms with Crippen LogP contribution in [0.4, 0.5) is 5.95 Å². The molecule has 3 aromatic rings. The zero-order valence-corrected chi connectivity index (χ0v) is 21.9. The van der Waals surface area contributed by atoms with Gasteiger partial charge in [-0.3, -0.25) is 23.7 Å². The highest BCUT2D eigenvalue weighted by atomic mass is 31.2. The van der Waals surface area contributed by atoms with Crippen molar-refractivity contribution in [2.24, 2.45) is 5.92 Å². The summed E-state index contributed by atoms with van der Waals surface area (Å²) in [6, 6.07) is 7.54. The van der Waals surface area contributed by atoms with Gasteiger partial charge in [0.1, 0.15) is 18.0 Å². The summed E-state index contributed by atoms with van der Waals surface area (Å²) in [5, 5.41) is 2.66. The Kier molecular flexibility index (Phi) is 7.98. The highest BCUT2D eigenvalue weighted by Gasteiger charge is 2.38. The summed E-state index contributed by atoms with van der Waals surface area (Å²) >= 11 is 0. The molecule has 0 amide bonds. The van der Waals surface area contributed by atoms with Gasteiger partial charge in [-0.2, -0.15) is 10.1 Å². The van der Waals surface area contributed by atoms with Gasteiger partial charge in [-0.15, -0.1) is 0 Å². The smallest absolute Gasteiger partial charge is 0.459 e. The number of aromatic amines is 1. The molecule has 37 heavy (non-hydrogen) atoms. The van der Waals surface area contributed by atoms with Gasteiger partial charge >= 0.3 is 13.7 Å². The number of nitrogens with zero attached hydrogens (tertiary/aromatic N) is 3. The van der Waals surface area contributed by atoms with Crippen molar-refractivity contribution in [3.63, 3.8) is 0 Å². The third-order valence-corrected chi connectivity index (χ3v) is 7.28. The van der Waals surface area contributed by atoms with E-state index in [2.05, 4.69) is 20.0 Å². The Morgan fingerprint density at radius 3 is 2.76 bits per heavy atom. The van der Waals surface area contributed by atoms with Crippen molar-refractivity contribution in [2.75, 3.05) is 12.3 Å². The third-order valence-electron chi connectivity index (χ3n) is 5.63. The fourth-order valence-corrected chi connectivity index (χ4v) is 5.53. The lowest BCUT2D eigenvalue weighted by molar-refractivity contribution is -0.149. The second-order valence-corrected chi connectivity index (χ2v) is 10.9. The summed E-state index contributed by atoms with van der Waals surface area (Å²) in [4.78, 5) is 35.2. The second-order valence-electron chi connectivity index (χ2n) is 9.17. The number of aromatic nitrogens is 4. The van der Waals surface area contributed by atoms with Crippen molar-refractivity contribution in [1.29, 1.82) is 0 Å². The maximum Gasteiger partial charge on any atom is 0.459 e. The topological polar surface area (TPSA) is 173 Å². The molecule has 1 aromatic carbocycles. The number of anilines is 1. The zero-order chi connectivity index (χ0) is 26.7. The number of carbonyl (C=O) groups excluding carboxylic acids is 1. The zero-order valence-electron chi connectivity index (χ0n) is 21.0. The lowest BCUT2D eigenvalue weighted by Crippen LogP contribution is -2.36. The molecule has 0 spiro atoms. The number of esters is 1. The van der Waals surface area contributed by atoms with E-state index in [4.69, 9.17) is 24.3 Å². The summed E-state index contributed by atoms with van der Waals surface area (Å²) < 4.78 is 38.1. The Morgan fingerprint density at radius 2 is 2.05 bits per heavy atom. The highest BCUT2D eigenvalue weighted by Crippen LogP contribution is 2.46. The van der Waals surface area contributed by atoms with Crippen LogP contribution >= 0.6 is 7.75 Å². The minimum Gasteiger partial charge on any atom is -0.462 e. The average Bonchev–Trinajstić information content (AvgIpc) is 3.41. The maximum atomic E-state index is 13.7. The van der Waals surface area contributed by atoms with E-state index in [0.29, 0.717) is 17.8 Å². The first-order valence-electron chi connectivity index (χ1n) is 11.9. The van der Waals surface area contributed by atoms with Crippen LogP contribution in [0.2, 0.25) is 0 Å². The summed E-state index contributed by atoms with van der Waals surface area (Å²) in [6.45, 7) is 6.84. The number of imidazole rings is 1. The van der Waals surface area contributed by atoms with E-state index in [9.17, 15) is 14.2 Å². The van der Waals surface area contributed by atoms with Crippen molar-refractivity contribution in [2.45, 2.75) is 58.6 Å². The molecular formula is C23H31N6O7P. The van der Waals surface area contributed by atoms with Gasteiger partial charge < -0.3 is 19.7 Å². The molecule has 1 saturated heterocycles. The van der Waals surface area contributed by atoms with Crippen LogP contribution in [0.5, 0.6) is 5.75 Å². The van der Waals surface area contributed by atoms with Gasteiger partial charge in [-0.05, 0) is 39.3 Å². The lowest BCUT2D eigenvalue weighted by Gasteiger charge is -2.24. The number of benzene rings is 1. The molecule has 0 aliphatic carbocycles. The van der Waals surface area contributed by atoms with Gasteiger partial charge in [-0.25, -0.2) is 9.55 Å². The van der Waals surface area contributed by atoms with Gasteiger partial charge in [-0.1, -0.05) is 25.1 Å². The van der Waals surface area contributed by atoms with E-state index < -0.39 is 37.6 Å². The Bertz CT molecular complexity index is 1340. The second kappa shape index (κ2) is 11.0. The van der Waals surface area contributed by atoms with Crippen LogP contribution in [0.15, 0.2) is 41.5 Å². The highest BCUT2D eigenvalue weighted by molar-refractivity contribution is 7.52. The van der Waals surface area contributed by atoms with Crippen LogP contribution in [0.25, 0.3) is 11.2 Å². The molecule has 14 heteroatoms. The quantitative estimate of drug-likeness (QED) is 0.258. The molecule has 200 valence electrons. The number of hydrogen-bond donors (Lipinski definition) is 3. The third kappa shape index (κ3) is 6.37. The maximum absolute atomic E-state index is 13.7. The number of nitrogens with one attached hydrogen (secondary N) is 2. The Morgan fingerprint density at radius 1 is 1.32 bits per heavy atom. The van der Waals surface area contributed by atoms with Gasteiger partial charge in [0.05, 0.1) is 25.1 Å². The molecule has 13 nitrogen and oxygen atoms in total. The number of H-pyrrole nitrogens is 1. The first-order valence-corrected chi connectivity index (χ1v) is 13.4. The molecule has 0 bridgehead atoms. The molecular weight excluding hydrogens is 503 g/mol. The predicted molar refractivity (Wildman–Crippen MR) is 135 cm³/mol. The van der Waals surface area contributed by atoms with E-state index in [1.165, 1.54) is 13.3 Å². The van der Waals surface area contributed by atoms with E-state index in [1.54, 1.807) is 48.7 Å². The van der Waals surface area contributed by atoms with E-state index in [1.807, 2.05) is 6.92 Å². The fourth-order valence-electron chi connectivity index (χ4n) is 4.01. The van der Waals surface area contributed by atoms with E-state index in [0.717, 1.165) is 0 Å². The summed E-state index contributed by atoms with van der Waals surface area (Å²) in [7, 11) is -4.02. The Hall–Kier alpha value is -3.25. The number of carbonyl (C=O) groups is 1. The number of fused-ring (bicyclic) bond motifs is 1. The SMILES string of the molecule is CC(C)OC(=O)[C@@H](C)N[P@@](=O)(OC[C@@H]1C[C@H](C)[C@H](n2cnc3c(=O)[nH]c(N)nc32)O1)Oc1ccccc1. The molecule has 1 fully saturated rings. The Labute approximate surface area is 213 Å². The fraction of sp³-hybridized carbons (Fsp3) is 0.478. The first kappa shape index (κ1) is 26.8. The largest absolute Gasteiger partial charge is 0.462 e. The van der Waals surface area contributed by atoms with Crippen LogP contribution in [0, 0.1) is 5.92 Å². The lowest BCUT2D eigenvalue weighted by atomic mass is 10.1. The van der Waals surface area contributed by atoms with E-state index >= 15 is 0 Å². The molecule has 5 atom stereocenters. The van der Waals surface area contributed by atoms with Crippen molar-refractivity contribution >= 4 is 30.8 Å². The van der Waals surface area contributed by atoms with Gasteiger partial charge in [0.15, 0.2) is 11.2 Å². The van der Waals surface area contributed by atoms with Crippen LogP contribution in [0.3, 0.4) is 0 Å². The van der Waals surface area contributed by atoms with Crippen LogP contribution in [0.1, 0.15) is 40.3 Å². The molecule has 3 heterocycles. The molecule has 0 radical (unpaired) electrons. The summed E-state index contributed by atoms with van der Waals surface area (Å²) in [6.07, 6.45) is 0.721. The first-order chi connectivity index (χ1) is 17.5. The molecule has 4 rings (SSSR count). The molecule has 4 N–H and O–H groups in total. The van der Waals surface area contributed by atoms with Gasteiger partial charge in [0, 0.05) is 5.92 Å².